The van der Waals surface area contributed by atoms with Gasteiger partial charge in [-0.25, -0.2) is 8.42 Å². The Kier molecular flexibility index (Phi) is 8.01. The summed E-state index contributed by atoms with van der Waals surface area (Å²) in [6.45, 7) is 2.94. The number of ether oxygens (including phenoxy) is 1. The second kappa shape index (κ2) is 10.6. The van der Waals surface area contributed by atoms with Crippen LogP contribution in [0.2, 0.25) is 0 Å². The van der Waals surface area contributed by atoms with Gasteiger partial charge in [0.1, 0.15) is 5.75 Å². The van der Waals surface area contributed by atoms with Crippen LogP contribution in [0.5, 0.6) is 5.75 Å². The van der Waals surface area contributed by atoms with Gasteiger partial charge in [0.25, 0.3) is 0 Å². The van der Waals surface area contributed by atoms with Gasteiger partial charge in [-0.05, 0) is 49.1 Å². The standard InChI is InChI=1S/C23H27F3N2O4S/c1-2-15-32-19-9-7-17(8-10-19)16-27-22(29)18-11-13-28(14-12-18)33(30,31)21-6-4-3-5-20(21)23(24,25)26/h3-10,18H,2,11-16H2,1H3,(H,27,29). The van der Waals surface area contributed by atoms with Gasteiger partial charge in [-0.15, -0.1) is 0 Å². The lowest BCUT2D eigenvalue weighted by atomic mass is 9.97. The molecule has 3 rings (SSSR count). The van der Waals surface area contributed by atoms with Gasteiger partial charge >= 0.3 is 6.18 Å². The lowest BCUT2D eigenvalue weighted by molar-refractivity contribution is -0.139. The minimum absolute atomic E-state index is 0.0178. The van der Waals surface area contributed by atoms with Gasteiger partial charge in [0.15, 0.2) is 0 Å². The number of benzene rings is 2. The molecule has 1 aliphatic rings. The van der Waals surface area contributed by atoms with E-state index in [2.05, 4.69) is 5.32 Å². The summed E-state index contributed by atoms with van der Waals surface area (Å²) >= 11 is 0. The Hall–Kier alpha value is -2.59. The number of rotatable bonds is 8. The first-order valence-corrected chi connectivity index (χ1v) is 12.2. The van der Waals surface area contributed by atoms with Crippen molar-refractivity contribution in [3.8, 4) is 5.75 Å². The van der Waals surface area contributed by atoms with Gasteiger partial charge in [0.05, 0.1) is 17.1 Å². The van der Waals surface area contributed by atoms with Crippen LogP contribution < -0.4 is 10.1 Å². The van der Waals surface area contributed by atoms with Crippen molar-refractivity contribution < 1.29 is 31.1 Å². The van der Waals surface area contributed by atoms with Crippen molar-refractivity contribution in [2.24, 2.45) is 5.92 Å². The van der Waals surface area contributed by atoms with Crippen molar-refractivity contribution in [3.05, 3.63) is 59.7 Å². The van der Waals surface area contributed by atoms with Gasteiger partial charge in [0, 0.05) is 25.6 Å². The minimum Gasteiger partial charge on any atom is -0.494 e. The Labute approximate surface area is 191 Å². The first-order chi connectivity index (χ1) is 15.6. The minimum atomic E-state index is -4.78. The fourth-order valence-electron chi connectivity index (χ4n) is 3.68. The highest BCUT2D eigenvalue weighted by Gasteiger charge is 2.40. The van der Waals surface area contributed by atoms with Crippen LogP contribution in [0.1, 0.15) is 37.3 Å². The number of hydrogen-bond donors (Lipinski definition) is 1. The van der Waals surface area contributed by atoms with Crippen molar-refractivity contribution in [2.75, 3.05) is 19.7 Å². The van der Waals surface area contributed by atoms with Crippen LogP contribution >= 0.6 is 0 Å². The maximum Gasteiger partial charge on any atom is 0.417 e. The SMILES string of the molecule is CCCOc1ccc(CNC(=O)C2CCN(S(=O)(=O)c3ccccc3C(F)(F)F)CC2)cc1. The number of alkyl halides is 3. The summed E-state index contributed by atoms with van der Waals surface area (Å²) < 4.78 is 72.1. The van der Waals surface area contributed by atoms with Crippen LogP contribution in [0.4, 0.5) is 13.2 Å². The molecule has 1 N–H and O–H groups in total. The van der Waals surface area contributed by atoms with E-state index in [0.717, 1.165) is 40.2 Å². The molecule has 2 aromatic rings. The number of halogens is 3. The smallest absolute Gasteiger partial charge is 0.417 e. The van der Waals surface area contributed by atoms with E-state index < -0.39 is 32.6 Å². The summed E-state index contributed by atoms with van der Waals surface area (Å²) in [5.74, 6) is 0.156. The topological polar surface area (TPSA) is 75.7 Å². The van der Waals surface area contributed by atoms with E-state index in [1.807, 2.05) is 31.2 Å². The molecule has 1 fully saturated rings. The van der Waals surface area contributed by atoms with Crippen LogP contribution in [0.25, 0.3) is 0 Å². The molecule has 0 radical (unpaired) electrons. The predicted octanol–water partition coefficient (Wildman–Crippen LogP) is 4.21. The molecule has 6 nitrogen and oxygen atoms in total. The van der Waals surface area contributed by atoms with E-state index in [-0.39, 0.29) is 31.8 Å². The fourth-order valence-corrected chi connectivity index (χ4v) is 5.36. The van der Waals surface area contributed by atoms with Gasteiger partial charge in [-0.2, -0.15) is 17.5 Å². The molecule has 10 heteroatoms. The molecule has 0 saturated carbocycles. The van der Waals surface area contributed by atoms with Crippen molar-refractivity contribution in [1.82, 2.24) is 9.62 Å². The maximum absolute atomic E-state index is 13.3. The number of piperidine rings is 1. The van der Waals surface area contributed by atoms with Crippen LogP contribution in [0.3, 0.4) is 0 Å². The third-order valence-electron chi connectivity index (χ3n) is 5.50. The molecule has 0 bridgehead atoms. The van der Waals surface area contributed by atoms with E-state index >= 15 is 0 Å². The molecular weight excluding hydrogens is 457 g/mol. The number of nitrogens with one attached hydrogen (secondary N) is 1. The number of carbonyl (C=O) groups is 1. The van der Waals surface area contributed by atoms with Crippen molar-refractivity contribution in [3.63, 3.8) is 0 Å². The third kappa shape index (κ3) is 6.26. The summed E-state index contributed by atoms with van der Waals surface area (Å²) in [6, 6.07) is 11.5. The number of nitrogens with zero attached hydrogens (tertiary/aromatic N) is 1. The van der Waals surface area contributed by atoms with E-state index in [1.165, 1.54) is 6.07 Å². The first-order valence-electron chi connectivity index (χ1n) is 10.8. The Morgan fingerprint density at radius 1 is 1.09 bits per heavy atom. The summed E-state index contributed by atoms with van der Waals surface area (Å²) in [5, 5.41) is 2.85. The number of hydrogen-bond acceptors (Lipinski definition) is 4. The van der Waals surface area contributed by atoms with Crippen molar-refractivity contribution in [1.29, 1.82) is 0 Å². The van der Waals surface area contributed by atoms with Crippen molar-refractivity contribution >= 4 is 15.9 Å². The average Bonchev–Trinajstić information content (AvgIpc) is 2.81. The highest BCUT2D eigenvalue weighted by Crippen LogP contribution is 2.36. The van der Waals surface area contributed by atoms with Gasteiger partial charge in [-0.1, -0.05) is 31.2 Å². The Morgan fingerprint density at radius 3 is 2.33 bits per heavy atom. The molecule has 0 atom stereocenters. The predicted molar refractivity (Wildman–Crippen MR) is 117 cm³/mol. The molecule has 1 heterocycles. The van der Waals surface area contributed by atoms with E-state index in [0.29, 0.717) is 13.2 Å². The maximum atomic E-state index is 13.3. The highest BCUT2D eigenvalue weighted by molar-refractivity contribution is 7.89. The molecule has 33 heavy (non-hydrogen) atoms. The second-order valence-corrected chi connectivity index (χ2v) is 9.79. The average molecular weight is 485 g/mol. The lowest BCUT2D eigenvalue weighted by Gasteiger charge is -2.31. The Bertz CT molecular complexity index is 1050. The van der Waals surface area contributed by atoms with Crippen LogP contribution in [0, 0.1) is 5.92 Å². The molecule has 1 amide bonds. The quantitative estimate of drug-likeness (QED) is 0.609. The molecule has 1 aliphatic heterocycles. The van der Waals surface area contributed by atoms with Gasteiger partial charge in [-0.3, -0.25) is 4.79 Å². The first kappa shape index (κ1) is 25.0. The normalized spacial score (nSPS) is 15.9. The van der Waals surface area contributed by atoms with E-state index in [4.69, 9.17) is 4.74 Å². The third-order valence-corrected chi connectivity index (χ3v) is 7.45. The molecule has 0 aliphatic carbocycles. The monoisotopic (exact) mass is 484 g/mol. The Morgan fingerprint density at radius 2 is 1.73 bits per heavy atom. The van der Waals surface area contributed by atoms with E-state index in [1.54, 1.807) is 0 Å². The lowest BCUT2D eigenvalue weighted by Crippen LogP contribution is -2.43. The summed E-state index contributed by atoms with van der Waals surface area (Å²) in [6.07, 6.45) is -3.39. The molecular formula is C23H27F3N2O4S. The zero-order chi connectivity index (χ0) is 24.1. The molecule has 2 aromatic carbocycles. The zero-order valence-corrected chi connectivity index (χ0v) is 19.1. The molecule has 180 valence electrons. The number of carbonyl (C=O) groups excluding carboxylic acids is 1. The van der Waals surface area contributed by atoms with Gasteiger partial charge < -0.3 is 10.1 Å². The molecule has 0 spiro atoms. The molecule has 1 saturated heterocycles. The summed E-state index contributed by atoms with van der Waals surface area (Å²) in [4.78, 5) is 11.8. The fraction of sp³-hybridized carbons (Fsp3) is 0.435. The Balaban J connectivity index is 1.56. The summed E-state index contributed by atoms with van der Waals surface area (Å²) in [5.41, 5.74) is -0.285. The number of amides is 1. The van der Waals surface area contributed by atoms with Crippen molar-refractivity contribution in [2.45, 2.75) is 43.8 Å². The van der Waals surface area contributed by atoms with Gasteiger partial charge in [0.2, 0.25) is 15.9 Å². The van der Waals surface area contributed by atoms with Crippen LogP contribution in [0.15, 0.2) is 53.4 Å². The zero-order valence-electron chi connectivity index (χ0n) is 18.3. The number of sulfonamides is 1. The largest absolute Gasteiger partial charge is 0.494 e. The molecule has 0 unspecified atom stereocenters. The second-order valence-electron chi connectivity index (χ2n) is 7.88. The van der Waals surface area contributed by atoms with E-state index in [9.17, 15) is 26.4 Å². The van der Waals surface area contributed by atoms with Crippen LogP contribution in [-0.4, -0.2) is 38.3 Å². The molecule has 0 aromatic heterocycles. The highest BCUT2D eigenvalue weighted by atomic mass is 32.2. The summed E-state index contributed by atoms with van der Waals surface area (Å²) in [7, 11) is -4.32. The van der Waals surface area contributed by atoms with Crippen LogP contribution in [-0.2, 0) is 27.5 Å².